The number of carbonyl (C=O) groups excluding carboxylic acids is 2. The number of benzene rings is 3. The van der Waals surface area contributed by atoms with Gasteiger partial charge in [-0.25, -0.2) is 9.78 Å². The summed E-state index contributed by atoms with van der Waals surface area (Å²) in [6.45, 7) is 3.70. The number of hydrogen-bond donors (Lipinski definition) is 3. The lowest BCUT2D eigenvalue weighted by Gasteiger charge is -2.07. The summed E-state index contributed by atoms with van der Waals surface area (Å²) in [6, 6.07) is 23.6. The molecule has 0 saturated heterocycles. The van der Waals surface area contributed by atoms with Gasteiger partial charge in [-0.2, -0.15) is 0 Å². The van der Waals surface area contributed by atoms with Gasteiger partial charge in [-0.05, 0) is 62.4 Å². The number of aryl methyl sites for hydroxylation is 2. The number of anilines is 3. The van der Waals surface area contributed by atoms with E-state index in [-0.39, 0.29) is 5.91 Å². The number of ether oxygens (including phenoxy) is 1. The van der Waals surface area contributed by atoms with Gasteiger partial charge in [-0.15, -0.1) is 0 Å². The molecule has 4 aromatic rings. The number of para-hydroxylation sites is 1. The van der Waals surface area contributed by atoms with E-state index in [0.717, 1.165) is 22.6 Å². The van der Waals surface area contributed by atoms with E-state index >= 15 is 0 Å². The van der Waals surface area contributed by atoms with Gasteiger partial charge in [-0.3, -0.25) is 10.1 Å². The van der Waals surface area contributed by atoms with E-state index in [1.165, 1.54) is 0 Å². The predicted octanol–water partition coefficient (Wildman–Crippen LogP) is 6.45. The highest BCUT2D eigenvalue weighted by molar-refractivity contribution is 7.17. The van der Waals surface area contributed by atoms with Crippen molar-refractivity contribution in [2.75, 3.05) is 16.0 Å². The van der Waals surface area contributed by atoms with E-state index in [0.29, 0.717) is 32.8 Å². The van der Waals surface area contributed by atoms with Gasteiger partial charge in [0.1, 0.15) is 16.4 Å². The average molecular weight is 459 g/mol. The van der Waals surface area contributed by atoms with Gasteiger partial charge in [0.25, 0.3) is 5.91 Å². The number of thiazole rings is 1. The standard InChI is InChI=1S/C25H22N4O3S/c1-16-8-10-19(11-9-16)28-24(31)29-25-26-17(2)22(33-25)23(30)27-18-12-14-21(15-13-18)32-20-6-4-3-5-7-20/h3-15H,1-2H3,(H,27,30)(H2,26,28,29,31). The summed E-state index contributed by atoms with van der Waals surface area (Å²) in [5.74, 6) is 1.11. The van der Waals surface area contributed by atoms with Gasteiger partial charge < -0.3 is 15.4 Å². The molecule has 1 heterocycles. The van der Waals surface area contributed by atoms with Crippen LogP contribution >= 0.6 is 11.3 Å². The minimum Gasteiger partial charge on any atom is -0.457 e. The molecule has 0 aliphatic heterocycles. The second-order valence-corrected chi connectivity index (χ2v) is 8.27. The van der Waals surface area contributed by atoms with Crippen LogP contribution in [0.3, 0.4) is 0 Å². The van der Waals surface area contributed by atoms with Crippen molar-refractivity contribution >= 4 is 39.8 Å². The van der Waals surface area contributed by atoms with Crippen LogP contribution < -0.4 is 20.7 Å². The van der Waals surface area contributed by atoms with Gasteiger partial charge in [0.05, 0.1) is 5.69 Å². The highest BCUT2D eigenvalue weighted by atomic mass is 32.1. The highest BCUT2D eigenvalue weighted by Crippen LogP contribution is 2.26. The Hall–Kier alpha value is -4.17. The van der Waals surface area contributed by atoms with Crippen LogP contribution in [0.4, 0.5) is 21.3 Å². The lowest BCUT2D eigenvalue weighted by Crippen LogP contribution is -2.19. The quantitative estimate of drug-likeness (QED) is 0.310. The van der Waals surface area contributed by atoms with E-state index in [9.17, 15) is 9.59 Å². The fraction of sp³-hybridized carbons (Fsp3) is 0.0800. The molecule has 0 atom stereocenters. The molecule has 0 saturated carbocycles. The van der Waals surface area contributed by atoms with Crippen molar-refractivity contribution in [3.63, 3.8) is 0 Å². The zero-order valence-electron chi connectivity index (χ0n) is 18.1. The van der Waals surface area contributed by atoms with Crippen LogP contribution in [0, 0.1) is 13.8 Å². The minimum absolute atomic E-state index is 0.297. The number of carbonyl (C=O) groups is 2. The first-order valence-corrected chi connectivity index (χ1v) is 11.0. The molecule has 3 aromatic carbocycles. The van der Waals surface area contributed by atoms with Crippen molar-refractivity contribution in [1.29, 1.82) is 0 Å². The molecular formula is C25H22N4O3S. The summed E-state index contributed by atoms with van der Waals surface area (Å²) in [7, 11) is 0. The summed E-state index contributed by atoms with van der Waals surface area (Å²) in [6.07, 6.45) is 0. The van der Waals surface area contributed by atoms with E-state index in [4.69, 9.17) is 4.74 Å². The number of nitrogens with zero attached hydrogens (tertiary/aromatic N) is 1. The van der Waals surface area contributed by atoms with Gasteiger partial charge in [0.2, 0.25) is 0 Å². The molecular weight excluding hydrogens is 436 g/mol. The smallest absolute Gasteiger partial charge is 0.325 e. The molecule has 33 heavy (non-hydrogen) atoms. The topological polar surface area (TPSA) is 92.4 Å². The first-order valence-electron chi connectivity index (χ1n) is 10.2. The van der Waals surface area contributed by atoms with Crippen LogP contribution in [0.25, 0.3) is 0 Å². The highest BCUT2D eigenvalue weighted by Gasteiger charge is 2.17. The van der Waals surface area contributed by atoms with Gasteiger partial charge in [0, 0.05) is 11.4 Å². The monoisotopic (exact) mass is 458 g/mol. The molecule has 1 aromatic heterocycles. The maximum absolute atomic E-state index is 12.7. The van der Waals surface area contributed by atoms with Gasteiger partial charge >= 0.3 is 6.03 Å². The SMILES string of the molecule is Cc1ccc(NC(=O)Nc2nc(C)c(C(=O)Nc3ccc(Oc4ccccc4)cc3)s2)cc1. The Balaban J connectivity index is 1.35. The Labute approximate surface area is 195 Å². The van der Waals surface area contributed by atoms with E-state index in [1.54, 1.807) is 31.2 Å². The van der Waals surface area contributed by atoms with E-state index < -0.39 is 6.03 Å². The molecule has 0 aliphatic carbocycles. The Morgan fingerprint density at radius 3 is 2.06 bits per heavy atom. The molecule has 0 unspecified atom stereocenters. The molecule has 0 bridgehead atoms. The zero-order valence-corrected chi connectivity index (χ0v) is 18.9. The number of amides is 3. The molecule has 3 N–H and O–H groups in total. The predicted molar refractivity (Wildman–Crippen MR) is 132 cm³/mol. The van der Waals surface area contributed by atoms with Crippen molar-refractivity contribution in [2.24, 2.45) is 0 Å². The lowest BCUT2D eigenvalue weighted by atomic mass is 10.2. The number of urea groups is 1. The fourth-order valence-corrected chi connectivity index (χ4v) is 3.83. The van der Waals surface area contributed by atoms with E-state index in [2.05, 4.69) is 20.9 Å². The van der Waals surface area contributed by atoms with Gasteiger partial charge in [-0.1, -0.05) is 47.2 Å². The molecule has 4 rings (SSSR count). The van der Waals surface area contributed by atoms with Crippen molar-refractivity contribution in [2.45, 2.75) is 13.8 Å². The second kappa shape index (κ2) is 9.97. The first-order chi connectivity index (χ1) is 16.0. The summed E-state index contributed by atoms with van der Waals surface area (Å²) in [5.41, 5.74) is 2.93. The molecule has 0 aliphatic rings. The molecule has 7 nitrogen and oxygen atoms in total. The molecule has 166 valence electrons. The van der Waals surface area contributed by atoms with Crippen LogP contribution in [-0.4, -0.2) is 16.9 Å². The van der Waals surface area contributed by atoms with Crippen LogP contribution in [0.2, 0.25) is 0 Å². The van der Waals surface area contributed by atoms with Crippen LogP contribution in [0.15, 0.2) is 78.9 Å². The van der Waals surface area contributed by atoms with E-state index in [1.807, 2.05) is 61.5 Å². The normalized spacial score (nSPS) is 10.4. The number of aromatic nitrogens is 1. The Kier molecular flexibility index (Phi) is 6.66. The second-order valence-electron chi connectivity index (χ2n) is 7.27. The fourth-order valence-electron chi connectivity index (χ4n) is 2.98. The summed E-state index contributed by atoms with van der Waals surface area (Å²) in [4.78, 5) is 29.7. The summed E-state index contributed by atoms with van der Waals surface area (Å²) < 4.78 is 5.76. The van der Waals surface area contributed by atoms with Crippen molar-refractivity contribution in [3.8, 4) is 11.5 Å². The number of nitrogens with one attached hydrogen (secondary N) is 3. The Morgan fingerprint density at radius 2 is 1.36 bits per heavy atom. The maximum Gasteiger partial charge on any atom is 0.325 e. The third kappa shape index (κ3) is 5.96. The molecule has 0 fully saturated rings. The summed E-state index contributed by atoms with van der Waals surface area (Å²) >= 11 is 1.11. The average Bonchev–Trinajstić information content (AvgIpc) is 3.17. The number of rotatable bonds is 6. The van der Waals surface area contributed by atoms with Crippen LogP contribution in [-0.2, 0) is 0 Å². The zero-order chi connectivity index (χ0) is 23.2. The third-order valence-electron chi connectivity index (χ3n) is 4.62. The summed E-state index contributed by atoms with van der Waals surface area (Å²) in [5, 5.41) is 8.61. The van der Waals surface area contributed by atoms with Crippen LogP contribution in [0.5, 0.6) is 11.5 Å². The van der Waals surface area contributed by atoms with Crippen molar-refractivity contribution in [1.82, 2.24) is 4.98 Å². The first kappa shape index (κ1) is 22.0. The van der Waals surface area contributed by atoms with Crippen LogP contribution in [0.1, 0.15) is 20.9 Å². The van der Waals surface area contributed by atoms with Crippen molar-refractivity contribution < 1.29 is 14.3 Å². The van der Waals surface area contributed by atoms with Gasteiger partial charge in [0.15, 0.2) is 5.13 Å². The number of hydrogen-bond acceptors (Lipinski definition) is 5. The minimum atomic E-state index is -0.423. The lowest BCUT2D eigenvalue weighted by molar-refractivity contribution is 0.102. The molecule has 3 amide bonds. The molecule has 8 heteroatoms. The maximum atomic E-state index is 12.7. The molecule has 0 radical (unpaired) electrons. The largest absolute Gasteiger partial charge is 0.457 e. The Morgan fingerprint density at radius 1 is 0.758 bits per heavy atom. The molecule has 0 spiro atoms. The third-order valence-corrected chi connectivity index (χ3v) is 5.70. The van der Waals surface area contributed by atoms with Crippen molar-refractivity contribution in [3.05, 3.63) is 95.0 Å². The Bertz CT molecular complexity index is 1250.